The molecule has 8 nitrogen and oxygen atoms in total. The highest BCUT2D eigenvalue weighted by Gasteiger charge is 2.31. The van der Waals surface area contributed by atoms with E-state index in [1.165, 1.54) is 17.3 Å². The van der Waals surface area contributed by atoms with Crippen molar-refractivity contribution in [3.05, 3.63) is 65.7 Å². The van der Waals surface area contributed by atoms with Gasteiger partial charge in [0, 0.05) is 26.2 Å². The second-order valence-electron chi connectivity index (χ2n) is 8.40. The standard InChI is InChI=1S/C25H29N5O3S/c1-19-7-9-21(10-8-19)30-24(29-13-17-33-18-14-29)26-27-25(30)34-22(20-5-3-2-4-6-20)23(31)28-11-15-32-16-12-28/h2-10,22H,11-18H2,1H3. The van der Waals surface area contributed by atoms with Gasteiger partial charge in [-0.2, -0.15) is 0 Å². The summed E-state index contributed by atoms with van der Waals surface area (Å²) in [5, 5.41) is 9.43. The first-order chi connectivity index (χ1) is 16.7. The fourth-order valence-electron chi connectivity index (χ4n) is 4.17. The molecule has 9 heteroatoms. The van der Waals surface area contributed by atoms with Crippen LogP contribution in [0.5, 0.6) is 0 Å². The molecule has 3 aromatic rings. The van der Waals surface area contributed by atoms with Crippen molar-refractivity contribution >= 4 is 23.6 Å². The maximum Gasteiger partial charge on any atom is 0.240 e. The lowest BCUT2D eigenvalue weighted by Gasteiger charge is -2.30. The molecular formula is C25H29N5O3S. The number of carbonyl (C=O) groups is 1. The third kappa shape index (κ3) is 4.96. The van der Waals surface area contributed by atoms with Gasteiger partial charge in [-0.25, -0.2) is 0 Å². The molecule has 1 atom stereocenters. The first-order valence-corrected chi connectivity index (χ1v) is 12.5. The number of morpholine rings is 2. The van der Waals surface area contributed by atoms with E-state index in [1.807, 2.05) is 35.2 Å². The summed E-state index contributed by atoms with van der Waals surface area (Å²) in [5.74, 6) is 0.853. The van der Waals surface area contributed by atoms with E-state index in [9.17, 15) is 4.79 Å². The first-order valence-electron chi connectivity index (χ1n) is 11.6. The molecule has 5 rings (SSSR count). The first kappa shape index (κ1) is 22.9. The minimum atomic E-state index is -0.426. The Morgan fingerprint density at radius 2 is 1.53 bits per heavy atom. The van der Waals surface area contributed by atoms with Crippen molar-refractivity contribution in [2.24, 2.45) is 0 Å². The van der Waals surface area contributed by atoms with Crippen LogP contribution in [0.4, 0.5) is 5.95 Å². The lowest BCUT2D eigenvalue weighted by Crippen LogP contribution is -2.42. The molecule has 2 fully saturated rings. The molecule has 1 unspecified atom stereocenters. The van der Waals surface area contributed by atoms with Crippen LogP contribution in [0.3, 0.4) is 0 Å². The van der Waals surface area contributed by atoms with E-state index in [0.717, 1.165) is 30.3 Å². The number of rotatable bonds is 6. The van der Waals surface area contributed by atoms with Crippen LogP contribution in [0.2, 0.25) is 0 Å². The number of aromatic nitrogens is 3. The van der Waals surface area contributed by atoms with Gasteiger partial charge in [0.2, 0.25) is 11.9 Å². The van der Waals surface area contributed by atoms with Crippen molar-refractivity contribution in [2.45, 2.75) is 17.3 Å². The number of anilines is 1. The van der Waals surface area contributed by atoms with Gasteiger partial charge >= 0.3 is 0 Å². The Morgan fingerprint density at radius 3 is 2.21 bits per heavy atom. The molecule has 34 heavy (non-hydrogen) atoms. The molecule has 0 aliphatic carbocycles. The molecule has 1 amide bonds. The summed E-state index contributed by atoms with van der Waals surface area (Å²) in [7, 11) is 0. The summed E-state index contributed by atoms with van der Waals surface area (Å²) in [6.45, 7) is 7.24. The number of amides is 1. The highest BCUT2D eigenvalue weighted by Crippen LogP contribution is 2.38. The van der Waals surface area contributed by atoms with E-state index in [0.29, 0.717) is 44.7 Å². The van der Waals surface area contributed by atoms with Gasteiger partial charge in [-0.05, 0) is 24.6 Å². The van der Waals surface area contributed by atoms with Gasteiger partial charge in [-0.1, -0.05) is 59.8 Å². The van der Waals surface area contributed by atoms with E-state index >= 15 is 0 Å². The molecule has 3 heterocycles. The van der Waals surface area contributed by atoms with E-state index in [2.05, 4.69) is 50.9 Å². The van der Waals surface area contributed by atoms with Crippen LogP contribution in [0.15, 0.2) is 59.8 Å². The zero-order valence-electron chi connectivity index (χ0n) is 19.3. The van der Waals surface area contributed by atoms with Crippen LogP contribution >= 0.6 is 11.8 Å². The lowest BCUT2D eigenvalue weighted by molar-refractivity contribution is -0.134. The number of thioether (sulfide) groups is 1. The molecule has 2 aromatic carbocycles. The van der Waals surface area contributed by atoms with Crippen LogP contribution in [0, 0.1) is 6.92 Å². The minimum Gasteiger partial charge on any atom is -0.378 e. The molecule has 0 saturated carbocycles. The van der Waals surface area contributed by atoms with Crippen molar-refractivity contribution in [1.29, 1.82) is 0 Å². The SMILES string of the molecule is Cc1ccc(-n2c(SC(C(=O)N3CCOCC3)c3ccccc3)nnc2N2CCOCC2)cc1. The van der Waals surface area contributed by atoms with Gasteiger partial charge in [-0.3, -0.25) is 9.36 Å². The molecule has 0 bridgehead atoms. The Labute approximate surface area is 203 Å². The number of aryl methyl sites for hydroxylation is 1. The second kappa shape index (κ2) is 10.6. The third-order valence-electron chi connectivity index (χ3n) is 6.08. The number of hydrogen-bond donors (Lipinski definition) is 0. The average Bonchev–Trinajstić information content (AvgIpc) is 3.32. The van der Waals surface area contributed by atoms with Crippen molar-refractivity contribution in [3.63, 3.8) is 0 Å². The van der Waals surface area contributed by atoms with Gasteiger partial charge in [0.15, 0.2) is 5.16 Å². The van der Waals surface area contributed by atoms with Crippen LogP contribution in [-0.4, -0.2) is 78.2 Å². The summed E-state index contributed by atoms with van der Waals surface area (Å²) in [4.78, 5) is 17.8. The normalized spacial score (nSPS) is 17.6. The molecule has 1 aromatic heterocycles. The fraction of sp³-hybridized carbons (Fsp3) is 0.400. The summed E-state index contributed by atoms with van der Waals surface area (Å²) < 4.78 is 13.1. The quantitative estimate of drug-likeness (QED) is 0.503. The van der Waals surface area contributed by atoms with Crippen molar-refractivity contribution < 1.29 is 14.3 Å². The number of benzene rings is 2. The molecule has 2 aliphatic rings. The minimum absolute atomic E-state index is 0.0749. The molecule has 2 aliphatic heterocycles. The zero-order chi connectivity index (χ0) is 23.3. The summed E-state index contributed by atoms with van der Waals surface area (Å²) >= 11 is 1.45. The summed E-state index contributed by atoms with van der Waals surface area (Å²) in [6.07, 6.45) is 0. The largest absolute Gasteiger partial charge is 0.378 e. The molecule has 2 saturated heterocycles. The topological polar surface area (TPSA) is 72.7 Å². The average molecular weight is 480 g/mol. The Hall–Kier alpha value is -2.88. The molecule has 0 N–H and O–H groups in total. The number of nitrogens with zero attached hydrogens (tertiary/aromatic N) is 5. The van der Waals surface area contributed by atoms with Crippen LogP contribution in [0.1, 0.15) is 16.4 Å². The van der Waals surface area contributed by atoms with E-state index in [1.54, 1.807) is 0 Å². The maximum absolute atomic E-state index is 13.7. The van der Waals surface area contributed by atoms with E-state index in [-0.39, 0.29) is 5.91 Å². The maximum atomic E-state index is 13.7. The highest BCUT2D eigenvalue weighted by atomic mass is 32.2. The van der Waals surface area contributed by atoms with Crippen molar-refractivity contribution in [1.82, 2.24) is 19.7 Å². The van der Waals surface area contributed by atoms with Gasteiger partial charge in [0.1, 0.15) is 5.25 Å². The van der Waals surface area contributed by atoms with E-state index < -0.39 is 5.25 Å². The Kier molecular flexibility index (Phi) is 7.13. The predicted molar refractivity (Wildman–Crippen MR) is 132 cm³/mol. The van der Waals surface area contributed by atoms with Gasteiger partial charge < -0.3 is 19.3 Å². The van der Waals surface area contributed by atoms with Gasteiger partial charge in [0.05, 0.1) is 32.1 Å². The second-order valence-corrected chi connectivity index (χ2v) is 9.47. The van der Waals surface area contributed by atoms with Crippen LogP contribution in [-0.2, 0) is 14.3 Å². The number of hydrogen-bond acceptors (Lipinski definition) is 7. The van der Waals surface area contributed by atoms with Crippen LogP contribution < -0.4 is 4.90 Å². The van der Waals surface area contributed by atoms with Gasteiger partial charge in [0.25, 0.3) is 0 Å². The predicted octanol–water partition coefficient (Wildman–Crippen LogP) is 3.10. The summed E-state index contributed by atoms with van der Waals surface area (Å²) in [6, 6.07) is 18.2. The van der Waals surface area contributed by atoms with E-state index in [4.69, 9.17) is 9.47 Å². The third-order valence-corrected chi connectivity index (χ3v) is 7.26. The molecule has 178 valence electrons. The smallest absolute Gasteiger partial charge is 0.240 e. The zero-order valence-corrected chi connectivity index (χ0v) is 20.1. The lowest BCUT2D eigenvalue weighted by atomic mass is 10.1. The Bertz CT molecular complexity index is 1090. The van der Waals surface area contributed by atoms with Gasteiger partial charge in [-0.15, -0.1) is 10.2 Å². The van der Waals surface area contributed by atoms with Crippen molar-refractivity contribution in [3.8, 4) is 5.69 Å². The Balaban J connectivity index is 1.53. The number of ether oxygens (including phenoxy) is 2. The summed E-state index contributed by atoms with van der Waals surface area (Å²) in [5.41, 5.74) is 3.12. The molecule has 0 spiro atoms. The van der Waals surface area contributed by atoms with Crippen molar-refractivity contribution in [2.75, 3.05) is 57.5 Å². The monoisotopic (exact) mass is 479 g/mol. The fourth-order valence-corrected chi connectivity index (χ4v) is 5.30. The molecule has 0 radical (unpaired) electrons. The Morgan fingerprint density at radius 1 is 0.882 bits per heavy atom. The van der Waals surface area contributed by atoms with Crippen LogP contribution in [0.25, 0.3) is 5.69 Å². The highest BCUT2D eigenvalue weighted by molar-refractivity contribution is 8.00. The molecular weight excluding hydrogens is 450 g/mol. The number of carbonyl (C=O) groups excluding carboxylic acids is 1.